The average Bonchev–Trinajstić information content (AvgIpc) is 3.04. The van der Waals surface area contributed by atoms with E-state index in [0.717, 1.165) is 27.8 Å². The number of sulfonamides is 1. The van der Waals surface area contributed by atoms with Crippen LogP contribution >= 0.6 is 0 Å². The summed E-state index contributed by atoms with van der Waals surface area (Å²) in [5.74, 6) is -0.675. The fourth-order valence-electron chi connectivity index (χ4n) is 5.44. The number of halogens is 1. The summed E-state index contributed by atoms with van der Waals surface area (Å²) >= 11 is 0. The van der Waals surface area contributed by atoms with Crippen LogP contribution in [-0.4, -0.2) is 56.9 Å². The zero-order valence-electron chi connectivity index (χ0n) is 25.3. The molecule has 0 radical (unpaired) electrons. The minimum Gasteiger partial charge on any atom is -0.488 e. The summed E-state index contributed by atoms with van der Waals surface area (Å²) in [5.41, 5.74) is 4.71. The molecular weight excluding hydrogens is 555 g/mol. The van der Waals surface area contributed by atoms with Gasteiger partial charge in [-0.15, -0.1) is 0 Å². The van der Waals surface area contributed by atoms with Crippen LogP contribution in [0.15, 0.2) is 59.5 Å². The lowest BCUT2D eigenvalue weighted by molar-refractivity contribution is -0.143. The van der Waals surface area contributed by atoms with Crippen LogP contribution in [-0.2, 0) is 32.6 Å². The number of para-hydroxylation sites is 1. The zero-order valence-corrected chi connectivity index (χ0v) is 26.1. The topological polar surface area (TPSA) is 76.1 Å². The molecule has 9 heteroatoms. The molecule has 3 aromatic rings. The van der Waals surface area contributed by atoms with E-state index < -0.39 is 15.9 Å². The van der Waals surface area contributed by atoms with Crippen LogP contribution < -0.4 is 4.74 Å². The van der Waals surface area contributed by atoms with Crippen LogP contribution in [0.25, 0.3) is 0 Å². The van der Waals surface area contributed by atoms with Gasteiger partial charge in [0.15, 0.2) is 0 Å². The van der Waals surface area contributed by atoms with Crippen molar-refractivity contribution >= 4 is 16.0 Å². The van der Waals surface area contributed by atoms with Crippen LogP contribution in [0, 0.1) is 19.7 Å². The predicted octanol–water partition coefficient (Wildman–Crippen LogP) is 5.95. The Balaban J connectivity index is 1.78. The Morgan fingerprint density at radius 1 is 1.07 bits per heavy atom. The van der Waals surface area contributed by atoms with Gasteiger partial charge in [0.05, 0.1) is 19.6 Å². The quantitative estimate of drug-likeness (QED) is 0.269. The summed E-state index contributed by atoms with van der Waals surface area (Å²) in [6.07, 6.45) is 0.436. The van der Waals surface area contributed by atoms with Crippen LogP contribution in [0.2, 0.25) is 0 Å². The van der Waals surface area contributed by atoms with Crippen molar-refractivity contribution in [1.29, 1.82) is 0 Å². The van der Waals surface area contributed by atoms with E-state index in [4.69, 9.17) is 9.47 Å². The zero-order chi connectivity index (χ0) is 30.6. The van der Waals surface area contributed by atoms with E-state index in [-0.39, 0.29) is 48.9 Å². The van der Waals surface area contributed by atoms with Gasteiger partial charge in [0, 0.05) is 24.6 Å². The molecule has 226 valence electrons. The molecule has 0 spiro atoms. The number of benzene rings is 3. The first-order chi connectivity index (χ1) is 19.9. The maximum atomic E-state index is 14.9. The first-order valence-electron chi connectivity index (χ1n) is 14.4. The summed E-state index contributed by atoms with van der Waals surface area (Å²) in [6.45, 7) is 8.58. The standard InChI is InChI=1S/C33H41FN2O5S/c1-7-27-21-36(42(38,39)32-12-10-9-11-31(32)41-27)20-25-16-24(14-13-22(25)3)29(18-33(37)40-8-2)28-17-26(19-35(5)6)30(34)15-23(28)4/h9-17,27,29H,7-8,18-21H2,1-6H3. The van der Waals surface area contributed by atoms with Gasteiger partial charge in [-0.3, -0.25) is 4.79 Å². The smallest absolute Gasteiger partial charge is 0.306 e. The number of hydrogen-bond acceptors (Lipinski definition) is 6. The highest BCUT2D eigenvalue weighted by Gasteiger charge is 2.34. The predicted molar refractivity (Wildman–Crippen MR) is 162 cm³/mol. The van der Waals surface area contributed by atoms with Crippen molar-refractivity contribution in [3.63, 3.8) is 0 Å². The van der Waals surface area contributed by atoms with Gasteiger partial charge in [-0.1, -0.05) is 43.3 Å². The molecule has 0 aromatic heterocycles. The Labute approximate surface area is 249 Å². The molecular formula is C33H41FN2O5S. The van der Waals surface area contributed by atoms with E-state index in [9.17, 15) is 17.6 Å². The van der Waals surface area contributed by atoms with Crippen LogP contribution in [0.4, 0.5) is 4.39 Å². The number of hydrogen-bond donors (Lipinski definition) is 0. The summed E-state index contributed by atoms with van der Waals surface area (Å²) < 4.78 is 55.4. The van der Waals surface area contributed by atoms with E-state index in [0.29, 0.717) is 24.3 Å². The molecule has 0 fully saturated rings. The summed E-state index contributed by atoms with van der Waals surface area (Å²) in [4.78, 5) is 14.9. The Kier molecular flexibility index (Phi) is 10.1. The third-order valence-electron chi connectivity index (χ3n) is 7.72. The molecule has 0 saturated carbocycles. The Morgan fingerprint density at radius 3 is 2.50 bits per heavy atom. The number of aryl methyl sites for hydroxylation is 2. The van der Waals surface area contributed by atoms with Gasteiger partial charge >= 0.3 is 5.97 Å². The van der Waals surface area contributed by atoms with Crippen molar-refractivity contribution in [2.24, 2.45) is 0 Å². The normalized spacial score (nSPS) is 17.3. The Hall–Kier alpha value is -3.27. The van der Waals surface area contributed by atoms with Crippen molar-refractivity contribution in [3.05, 3.63) is 93.8 Å². The molecule has 1 heterocycles. The van der Waals surface area contributed by atoms with E-state index in [1.54, 1.807) is 31.2 Å². The van der Waals surface area contributed by atoms with Crippen molar-refractivity contribution in [2.45, 2.75) is 70.5 Å². The molecule has 42 heavy (non-hydrogen) atoms. The van der Waals surface area contributed by atoms with Crippen molar-refractivity contribution in [1.82, 2.24) is 9.21 Å². The van der Waals surface area contributed by atoms with Gasteiger partial charge in [-0.05, 0) is 87.3 Å². The second-order valence-electron chi connectivity index (χ2n) is 11.2. The Bertz CT molecular complexity index is 1540. The van der Waals surface area contributed by atoms with E-state index >= 15 is 0 Å². The molecule has 2 unspecified atom stereocenters. The number of esters is 1. The van der Waals surface area contributed by atoms with Gasteiger partial charge in [0.2, 0.25) is 10.0 Å². The molecule has 3 aromatic carbocycles. The van der Waals surface area contributed by atoms with Gasteiger partial charge < -0.3 is 14.4 Å². The number of nitrogens with zero attached hydrogens (tertiary/aromatic N) is 2. The van der Waals surface area contributed by atoms with E-state index in [1.165, 1.54) is 10.4 Å². The van der Waals surface area contributed by atoms with Crippen LogP contribution in [0.1, 0.15) is 66.0 Å². The van der Waals surface area contributed by atoms with E-state index in [1.807, 2.05) is 64.0 Å². The highest BCUT2D eigenvalue weighted by atomic mass is 32.2. The first-order valence-corrected chi connectivity index (χ1v) is 15.8. The lowest BCUT2D eigenvalue weighted by Gasteiger charge is -2.25. The second kappa shape index (κ2) is 13.4. The molecule has 0 aliphatic carbocycles. The largest absolute Gasteiger partial charge is 0.488 e. The van der Waals surface area contributed by atoms with Gasteiger partial charge in [0.25, 0.3) is 0 Å². The molecule has 0 N–H and O–H groups in total. The SMILES string of the molecule is CCOC(=O)CC(c1ccc(C)c(CN2CC(CC)Oc3ccccc3S2(=O)=O)c1)c1cc(CN(C)C)c(F)cc1C. The van der Waals surface area contributed by atoms with Crippen LogP contribution in [0.5, 0.6) is 5.75 Å². The molecule has 4 rings (SSSR count). The number of carbonyl (C=O) groups is 1. The lowest BCUT2D eigenvalue weighted by Crippen LogP contribution is -2.36. The van der Waals surface area contributed by atoms with Gasteiger partial charge in [-0.25, -0.2) is 12.8 Å². The average molecular weight is 597 g/mol. The molecule has 0 amide bonds. The van der Waals surface area contributed by atoms with Crippen molar-refractivity contribution in [3.8, 4) is 5.75 Å². The summed E-state index contributed by atoms with van der Waals surface area (Å²) in [7, 11) is -0.0702. The minimum atomic E-state index is -3.83. The summed E-state index contributed by atoms with van der Waals surface area (Å²) in [5, 5.41) is 0. The van der Waals surface area contributed by atoms with Crippen molar-refractivity contribution in [2.75, 3.05) is 27.2 Å². The molecule has 7 nitrogen and oxygen atoms in total. The maximum Gasteiger partial charge on any atom is 0.306 e. The number of carbonyl (C=O) groups excluding carboxylic acids is 1. The highest BCUT2D eigenvalue weighted by Crippen LogP contribution is 2.36. The number of fused-ring (bicyclic) bond motifs is 1. The third-order valence-corrected chi connectivity index (χ3v) is 9.57. The monoisotopic (exact) mass is 596 g/mol. The molecule has 1 aliphatic rings. The minimum absolute atomic E-state index is 0.0748. The van der Waals surface area contributed by atoms with Crippen LogP contribution in [0.3, 0.4) is 0 Å². The first kappa shape index (κ1) is 31.7. The summed E-state index contributed by atoms with van der Waals surface area (Å²) in [6, 6.07) is 16.0. The second-order valence-corrected chi connectivity index (χ2v) is 13.1. The fraction of sp³-hybridized carbons (Fsp3) is 0.424. The highest BCUT2D eigenvalue weighted by molar-refractivity contribution is 7.89. The third kappa shape index (κ3) is 7.02. The van der Waals surface area contributed by atoms with Gasteiger partial charge in [0.1, 0.15) is 22.6 Å². The molecule has 1 aliphatic heterocycles. The number of ether oxygens (including phenoxy) is 2. The maximum absolute atomic E-state index is 14.9. The lowest BCUT2D eigenvalue weighted by atomic mass is 9.83. The fourth-order valence-corrected chi connectivity index (χ4v) is 7.01. The van der Waals surface area contributed by atoms with Gasteiger partial charge in [-0.2, -0.15) is 4.31 Å². The molecule has 2 atom stereocenters. The number of rotatable bonds is 10. The van der Waals surface area contributed by atoms with Crippen molar-refractivity contribution < 1.29 is 27.1 Å². The molecule has 0 bridgehead atoms. The Morgan fingerprint density at radius 2 is 1.81 bits per heavy atom. The van der Waals surface area contributed by atoms with E-state index in [2.05, 4.69) is 0 Å². The molecule has 0 saturated heterocycles.